The Labute approximate surface area is 122 Å². The van der Waals surface area contributed by atoms with E-state index in [4.69, 9.17) is 5.11 Å². The molecule has 2 rings (SSSR count). The van der Waals surface area contributed by atoms with E-state index in [2.05, 4.69) is 5.32 Å². The molecule has 2 atom stereocenters. The van der Waals surface area contributed by atoms with Crippen LogP contribution in [0, 0.1) is 0 Å². The normalized spacial score (nSPS) is 26.7. The maximum atomic E-state index is 12.2. The zero-order valence-electron chi connectivity index (χ0n) is 11.9. The molecule has 2 aliphatic heterocycles. The van der Waals surface area contributed by atoms with Crippen molar-refractivity contribution < 1.29 is 24.3 Å². The smallest absolute Gasteiger partial charge is 0.326 e. The van der Waals surface area contributed by atoms with Gasteiger partial charge in [-0.2, -0.15) is 0 Å². The Kier molecular flexibility index (Phi) is 4.44. The molecule has 8 heteroatoms. The summed E-state index contributed by atoms with van der Waals surface area (Å²) < 4.78 is 0. The van der Waals surface area contributed by atoms with Crippen LogP contribution in [0.15, 0.2) is 0 Å². The Balaban J connectivity index is 2.01. The number of nitrogens with zero attached hydrogens (tertiary/aromatic N) is 2. The molecule has 2 heterocycles. The van der Waals surface area contributed by atoms with E-state index in [-0.39, 0.29) is 18.7 Å². The predicted octanol–water partition coefficient (Wildman–Crippen LogP) is -0.217. The van der Waals surface area contributed by atoms with Crippen molar-refractivity contribution in [2.75, 3.05) is 13.6 Å². The molecule has 0 aromatic heterocycles. The van der Waals surface area contributed by atoms with Crippen LogP contribution in [0.3, 0.4) is 0 Å². The third kappa shape index (κ3) is 3.14. The van der Waals surface area contributed by atoms with E-state index in [1.807, 2.05) is 0 Å². The van der Waals surface area contributed by atoms with Crippen LogP contribution in [0.2, 0.25) is 0 Å². The van der Waals surface area contributed by atoms with Crippen LogP contribution in [0.4, 0.5) is 4.79 Å². The molecule has 4 amide bonds. The molecule has 2 aliphatic rings. The monoisotopic (exact) mass is 297 g/mol. The second-order valence-corrected chi connectivity index (χ2v) is 5.37. The SMILES string of the molecule is CN1C(=O)CCC(NC(=O)N2CCCCC2C(=O)O)C1=O. The lowest BCUT2D eigenvalue weighted by atomic mass is 10.0. The fraction of sp³-hybridized carbons (Fsp3) is 0.692. The molecule has 2 saturated heterocycles. The lowest BCUT2D eigenvalue weighted by Crippen LogP contribution is -2.58. The van der Waals surface area contributed by atoms with Crippen LogP contribution in [0.5, 0.6) is 0 Å². The van der Waals surface area contributed by atoms with Gasteiger partial charge in [0.1, 0.15) is 12.1 Å². The fourth-order valence-electron chi connectivity index (χ4n) is 2.71. The lowest BCUT2D eigenvalue weighted by molar-refractivity contribution is -0.147. The largest absolute Gasteiger partial charge is 0.480 e. The van der Waals surface area contributed by atoms with Gasteiger partial charge in [-0.05, 0) is 25.7 Å². The van der Waals surface area contributed by atoms with E-state index in [1.54, 1.807) is 0 Å². The summed E-state index contributed by atoms with van der Waals surface area (Å²) in [6.45, 7) is 0.360. The summed E-state index contributed by atoms with van der Waals surface area (Å²) in [7, 11) is 1.38. The average Bonchev–Trinajstić information content (AvgIpc) is 2.47. The van der Waals surface area contributed by atoms with E-state index in [9.17, 15) is 19.2 Å². The van der Waals surface area contributed by atoms with Crippen molar-refractivity contribution in [1.82, 2.24) is 15.1 Å². The molecule has 0 aromatic rings. The van der Waals surface area contributed by atoms with Crippen LogP contribution in [-0.2, 0) is 14.4 Å². The van der Waals surface area contributed by atoms with E-state index in [1.165, 1.54) is 11.9 Å². The van der Waals surface area contributed by atoms with Gasteiger partial charge in [-0.15, -0.1) is 0 Å². The van der Waals surface area contributed by atoms with Gasteiger partial charge in [0.15, 0.2) is 0 Å². The van der Waals surface area contributed by atoms with Gasteiger partial charge in [-0.25, -0.2) is 9.59 Å². The summed E-state index contributed by atoms with van der Waals surface area (Å²) in [5.74, 6) is -1.76. The van der Waals surface area contributed by atoms with Crippen LogP contribution in [-0.4, -0.2) is 64.4 Å². The number of likely N-dealkylation sites (N-methyl/N-ethyl adjacent to an activating group) is 1. The summed E-state index contributed by atoms with van der Waals surface area (Å²) in [6, 6.07) is -2.17. The zero-order valence-corrected chi connectivity index (χ0v) is 11.9. The van der Waals surface area contributed by atoms with Gasteiger partial charge in [-0.3, -0.25) is 14.5 Å². The standard InChI is InChI=1S/C13H19N3O5/c1-15-10(17)6-5-8(11(15)18)14-13(21)16-7-3-2-4-9(16)12(19)20/h8-9H,2-7H2,1H3,(H,14,21)(H,19,20). The van der Waals surface area contributed by atoms with Gasteiger partial charge in [0.05, 0.1) is 0 Å². The number of imide groups is 1. The molecule has 0 spiro atoms. The van der Waals surface area contributed by atoms with Gasteiger partial charge in [0, 0.05) is 20.0 Å². The molecule has 0 bridgehead atoms. The van der Waals surface area contributed by atoms with Crippen molar-refractivity contribution in [1.29, 1.82) is 0 Å². The number of rotatable bonds is 2. The highest BCUT2D eigenvalue weighted by Gasteiger charge is 2.37. The second-order valence-electron chi connectivity index (χ2n) is 5.37. The number of carbonyl (C=O) groups is 4. The van der Waals surface area contributed by atoms with Crippen molar-refractivity contribution in [2.24, 2.45) is 0 Å². The van der Waals surface area contributed by atoms with E-state index in [0.29, 0.717) is 13.0 Å². The van der Waals surface area contributed by atoms with Crippen LogP contribution < -0.4 is 5.32 Å². The van der Waals surface area contributed by atoms with Gasteiger partial charge in [-0.1, -0.05) is 0 Å². The van der Waals surface area contributed by atoms with Gasteiger partial charge in [0.2, 0.25) is 5.91 Å². The van der Waals surface area contributed by atoms with Crippen LogP contribution in [0.1, 0.15) is 32.1 Å². The number of carbonyl (C=O) groups excluding carboxylic acids is 3. The van der Waals surface area contributed by atoms with Crippen molar-refractivity contribution in [3.05, 3.63) is 0 Å². The molecule has 0 saturated carbocycles. The fourth-order valence-corrected chi connectivity index (χ4v) is 2.71. The molecule has 8 nitrogen and oxygen atoms in total. The third-order valence-corrected chi connectivity index (χ3v) is 4.00. The number of piperidine rings is 2. The molecule has 0 radical (unpaired) electrons. The first-order chi connectivity index (χ1) is 9.91. The highest BCUT2D eigenvalue weighted by atomic mass is 16.4. The second kappa shape index (κ2) is 6.11. The van der Waals surface area contributed by atoms with Crippen LogP contribution >= 0.6 is 0 Å². The Morgan fingerprint density at radius 1 is 1.24 bits per heavy atom. The van der Waals surface area contributed by atoms with Gasteiger partial charge < -0.3 is 15.3 Å². The first-order valence-corrected chi connectivity index (χ1v) is 7.02. The molecule has 116 valence electrons. The number of likely N-dealkylation sites (tertiary alicyclic amines) is 2. The highest BCUT2D eigenvalue weighted by Crippen LogP contribution is 2.18. The van der Waals surface area contributed by atoms with Crippen molar-refractivity contribution in [2.45, 2.75) is 44.2 Å². The first kappa shape index (κ1) is 15.3. The van der Waals surface area contributed by atoms with E-state index >= 15 is 0 Å². The van der Waals surface area contributed by atoms with Crippen molar-refractivity contribution in [3.8, 4) is 0 Å². The Bertz CT molecular complexity index is 478. The van der Waals surface area contributed by atoms with Crippen molar-refractivity contribution in [3.63, 3.8) is 0 Å². The number of hydrogen-bond donors (Lipinski definition) is 2. The number of amides is 4. The minimum atomic E-state index is -1.04. The topological polar surface area (TPSA) is 107 Å². The summed E-state index contributed by atoms with van der Waals surface area (Å²) in [6.07, 6.45) is 2.36. The number of hydrogen-bond acceptors (Lipinski definition) is 4. The molecule has 0 aromatic carbocycles. The maximum Gasteiger partial charge on any atom is 0.326 e. The summed E-state index contributed by atoms with van der Waals surface area (Å²) in [4.78, 5) is 49.0. The zero-order chi connectivity index (χ0) is 15.6. The summed E-state index contributed by atoms with van der Waals surface area (Å²) in [5.41, 5.74) is 0. The maximum absolute atomic E-state index is 12.2. The van der Waals surface area contributed by atoms with Gasteiger partial charge >= 0.3 is 12.0 Å². The number of aliphatic carboxylic acids is 1. The number of carboxylic acid groups (broad SMARTS) is 1. The molecular weight excluding hydrogens is 278 g/mol. The Morgan fingerprint density at radius 3 is 2.62 bits per heavy atom. The summed E-state index contributed by atoms with van der Waals surface area (Å²) in [5, 5.41) is 11.7. The molecule has 0 aliphatic carbocycles. The van der Waals surface area contributed by atoms with E-state index < -0.39 is 30.0 Å². The van der Waals surface area contributed by atoms with Crippen LogP contribution in [0.25, 0.3) is 0 Å². The van der Waals surface area contributed by atoms with Crippen molar-refractivity contribution >= 4 is 23.8 Å². The predicted molar refractivity (Wildman–Crippen MR) is 71.3 cm³/mol. The van der Waals surface area contributed by atoms with Gasteiger partial charge in [0.25, 0.3) is 5.91 Å². The minimum absolute atomic E-state index is 0.190. The summed E-state index contributed by atoms with van der Waals surface area (Å²) >= 11 is 0. The molecule has 21 heavy (non-hydrogen) atoms. The minimum Gasteiger partial charge on any atom is -0.480 e. The highest BCUT2D eigenvalue weighted by molar-refractivity contribution is 6.01. The Hall–Kier alpha value is -2.12. The number of urea groups is 1. The molecule has 2 N–H and O–H groups in total. The molecular formula is C13H19N3O5. The third-order valence-electron chi connectivity index (χ3n) is 4.00. The lowest BCUT2D eigenvalue weighted by Gasteiger charge is -2.35. The van der Waals surface area contributed by atoms with E-state index in [0.717, 1.165) is 17.7 Å². The first-order valence-electron chi connectivity index (χ1n) is 7.02. The molecule has 2 unspecified atom stereocenters. The quantitative estimate of drug-likeness (QED) is 0.685. The molecule has 2 fully saturated rings. The Morgan fingerprint density at radius 2 is 1.95 bits per heavy atom. The number of nitrogens with one attached hydrogen (secondary N) is 1. The average molecular weight is 297 g/mol. The number of carboxylic acids is 1.